The number of carbonyl (C=O) groups excluding carboxylic acids is 1. The molecule has 7 nitrogen and oxygen atoms in total. The first-order valence-corrected chi connectivity index (χ1v) is 7.05. The molecule has 1 amide bonds. The van der Waals surface area contributed by atoms with E-state index in [2.05, 4.69) is 20.7 Å². The summed E-state index contributed by atoms with van der Waals surface area (Å²) in [7, 11) is 0. The Labute approximate surface area is 122 Å². The topological polar surface area (TPSA) is 91.5 Å². The van der Waals surface area contributed by atoms with Crippen molar-refractivity contribution in [3.8, 4) is 0 Å². The highest BCUT2D eigenvalue weighted by atomic mass is 16.3. The van der Waals surface area contributed by atoms with Crippen LogP contribution in [0.5, 0.6) is 0 Å². The lowest BCUT2D eigenvalue weighted by Gasteiger charge is -2.14. The van der Waals surface area contributed by atoms with Crippen LogP contribution in [0.25, 0.3) is 5.65 Å². The minimum absolute atomic E-state index is 0.0536. The van der Waals surface area contributed by atoms with Crippen LogP contribution in [-0.2, 0) is 0 Å². The van der Waals surface area contributed by atoms with E-state index in [-0.39, 0.29) is 11.8 Å². The van der Waals surface area contributed by atoms with Crippen molar-refractivity contribution in [2.75, 3.05) is 19.6 Å². The highest BCUT2D eigenvalue weighted by Gasteiger charge is 2.25. The molecule has 0 spiro atoms. The monoisotopic (exact) mass is 289 g/mol. The van der Waals surface area contributed by atoms with Gasteiger partial charge >= 0.3 is 0 Å². The Balaban J connectivity index is 1.76. The zero-order chi connectivity index (χ0) is 15.0. The average molecular weight is 289 g/mol. The van der Waals surface area contributed by atoms with Gasteiger partial charge in [-0.2, -0.15) is 5.10 Å². The van der Waals surface area contributed by atoms with E-state index in [4.69, 9.17) is 0 Å². The molecule has 1 fully saturated rings. The Morgan fingerprint density at radius 2 is 2.33 bits per heavy atom. The SMILES string of the molecule is Cc1cc2ncc(C(=O)NCC3CNCC3O)c(C)n2n1. The number of β-amino-alcohol motifs (C(OH)–C–C–N with tert-alkyl or cyclic N) is 1. The maximum Gasteiger partial charge on any atom is 0.254 e. The molecule has 0 bridgehead atoms. The Morgan fingerprint density at radius 1 is 1.52 bits per heavy atom. The summed E-state index contributed by atoms with van der Waals surface area (Å²) >= 11 is 0. The number of aliphatic hydroxyl groups excluding tert-OH is 1. The van der Waals surface area contributed by atoms with Gasteiger partial charge in [0, 0.05) is 37.8 Å². The molecule has 0 saturated carbocycles. The average Bonchev–Trinajstić information content (AvgIpc) is 3.02. The van der Waals surface area contributed by atoms with E-state index in [0.29, 0.717) is 18.7 Å². The molecule has 112 valence electrons. The molecular weight excluding hydrogens is 270 g/mol. The normalized spacial score (nSPS) is 21.9. The molecule has 0 aromatic carbocycles. The second kappa shape index (κ2) is 5.42. The molecule has 21 heavy (non-hydrogen) atoms. The van der Waals surface area contributed by atoms with E-state index >= 15 is 0 Å². The predicted molar refractivity (Wildman–Crippen MR) is 77.2 cm³/mol. The second-order valence-corrected chi connectivity index (χ2v) is 5.51. The summed E-state index contributed by atoms with van der Waals surface area (Å²) in [5.41, 5.74) is 2.86. The molecule has 2 aromatic rings. The number of amides is 1. The number of nitrogens with zero attached hydrogens (tertiary/aromatic N) is 3. The smallest absolute Gasteiger partial charge is 0.254 e. The lowest BCUT2D eigenvalue weighted by molar-refractivity contribution is 0.0925. The minimum atomic E-state index is -0.402. The highest BCUT2D eigenvalue weighted by Crippen LogP contribution is 2.12. The maximum atomic E-state index is 12.3. The Bertz CT molecular complexity index is 681. The molecule has 1 saturated heterocycles. The zero-order valence-corrected chi connectivity index (χ0v) is 12.1. The standard InChI is InChI=1S/C14H19N5O2/c1-8-3-13-16-6-11(9(2)19(13)18-8)14(21)17-5-10-4-15-7-12(10)20/h3,6,10,12,15,20H,4-5,7H2,1-2H3,(H,17,21). The van der Waals surface area contributed by atoms with Crippen LogP contribution in [0.1, 0.15) is 21.7 Å². The number of nitrogens with one attached hydrogen (secondary N) is 2. The summed E-state index contributed by atoms with van der Waals surface area (Å²) in [6, 6.07) is 1.87. The fourth-order valence-corrected chi connectivity index (χ4v) is 2.63. The van der Waals surface area contributed by atoms with Crippen LogP contribution in [0.15, 0.2) is 12.3 Å². The van der Waals surface area contributed by atoms with Gasteiger partial charge in [0.15, 0.2) is 5.65 Å². The highest BCUT2D eigenvalue weighted by molar-refractivity contribution is 5.95. The van der Waals surface area contributed by atoms with E-state index < -0.39 is 6.10 Å². The zero-order valence-electron chi connectivity index (χ0n) is 12.1. The van der Waals surface area contributed by atoms with Gasteiger partial charge in [0.05, 0.1) is 23.1 Å². The van der Waals surface area contributed by atoms with Crippen molar-refractivity contribution < 1.29 is 9.90 Å². The molecule has 1 aliphatic rings. The number of rotatable bonds is 3. The first-order chi connectivity index (χ1) is 10.1. The third-order valence-electron chi connectivity index (χ3n) is 3.92. The number of hydrogen-bond acceptors (Lipinski definition) is 5. The molecular formula is C14H19N5O2. The molecule has 0 radical (unpaired) electrons. The van der Waals surface area contributed by atoms with Crippen molar-refractivity contribution in [2.24, 2.45) is 5.92 Å². The first-order valence-electron chi connectivity index (χ1n) is 7.05. The molecule has 7 heteroatoms. The summed E-state index contributed by atoms with van der Waals surface area (Å²) in [5, 5.41) is 20.0. The molecule has 3 heterocycles. The Morgan fingerprint density at radius 3 is 3.05 bits per heavy atom. The largest absolute Gasteiger partial charge is 0.391 e. The van der Waals surface area contributed by atoms with Crippen LogP contribution in [0.3, 0.4) is 0 Å². The van der Waals surface area contributed by atoms with Gasteiger partial charge in [-0.05, 0) is 13.8 Å². The second-order valence-electron chi connectivity index (χ2n) is 5.51. The third kappa shape index (κ3) is 2.62. The fourth-order valence-electron chi connectivity index (χ4n) is 2.63. The minimum Gasteiger partial charge on any atom is -0.391 e. The van der Waals surface area contributed by atoms with Gasteiger partial charge in [0.1, 0.15) is 0 Å². The van der Waals surface area contributed by atoms with Crippen molar-refractivity contribution in [2.45, 2.75) is 20.0 Å². The number of aromatic nitrogens is 3. The van der Waals surface area contributed by atoms with Crippen molar-refractivity contribution in [1.29, 1.82) is 0 Å². The Hall–Kier alpha value is -1.99. The predicted octanol–water partition coefficient (Wildman–Crippen LogP) is -0.344. The third-order valence-corrected chi connectivity index (χ3v) is 3.92. The number of aliphatic hydroxyl groups is 1. The van der Waals surface area contributed by atoms with Crippen molar-refractivity contribution in [1.82, 2.24) is 25.2 Å². The number of aryl methyl sites for hydroxylation is 2. The van der Waals surface area contributed by atoms with Crippen LogP contribution in [0.2, 0.25) is 0 Å². The van der Waals surface area contributed by atoms with Gasteiger partial charge in [0.25, 0.3) is 5.91 Å². The molecule has 2 atom stereocenters. The molecule has 2 unspecified atom stereocenters. The summed E-state index contributed by atoms with van der Waals surface area (Å²) in [4.78, 5) is 16.5. The summed E-state index contributed by atoms with van der Waals surface area (Å²) in [6.07, 6.45) is 1.17. The van der Waals surface area contributed by atoms with E-state index in [1.165, 1.54) is 0 Å². The van der Waals surface area contributed by atoms with Crippen molar-refractivity contribution >= 4 is 11.6 Å². The van der Waals surface area contributed by atoms with Crippen LogP contribution in [0, 0.1) is 19.8 Å². The van der Waals surface area contributed by atoms with Gasteiger partial charge in [0.2, 0.25) is 0 Å². The van der Waals surface area contributed by atoms with Gasteiger partial charge in [-0.1, -0.05) is 0 Å². The quantitative estimate of drug-likeness (QED) is 0.719. The van der Waals surface area contributed by atoms with E-state index in [1.54, 1.807) is 10.7 Å². The number of hydrogen-bond donors (Lipinski definition) is 3. The van der Waals surface area contributed by atoms with Crippen LogP contribution < -0.4 is 10.6 Å². The lowest BCUT2D eigenvalue weighted by atomic mass is 10.1. The molecule has 3 N–H and O–H groups in total. The van der Waals surface area contributed by atoms with Crippen molar-refractivity contribution in [3.05, 3.63) is 29.2 Å². The Kier molecular flexibility index (Phi) is 3.60. The van der Waals surface area contributed by atoms with Gasteiger partial charge < -0.3 is 15.7 Å². The first kappa shape index (κ1) is 14.0. The maximum absolute atomic E-state index is 12.3. The summed E-state index contributed by atoms with van der Waals surface area (Å²) in [5.74, 6) is -0.132. The van der Waals surface area contributed by atoms with Gasteiger partial charge in [-0.3, -0.25) is 4.79 Å². The van der Waals surface area contributed by atoms with Gasteiger partial charge in [-0.15, -0.1) is 0 Å². The fraction of sp³-hybridized carbons (Fsp3) is 0.500. The molecule has 0 aliphatic carbocycles. The summed E-state index contributed by atoms with van der Waals surface area (Å²) < 4.78 is 1.68. The van der Waals surface area contributed by atoms with E-state index in [9.17, 15) is 9.90 Å². The molecule has 2 aromatic heterocycles. The van der Waals surface area contributed by atoms with Gasteiger partial charge in [-0.25, -0.2) is 9.50 Å². The lowest BCUT2D eigenvalue weighted by Crippen LogP contribution is -2.35. The number of fused-ring (bicyclic) bond motifs is 1. The van der Waals surface area contributed by atoms with Crippen LogP contribution in [0.4, 0.5) is 0 Å². The van der Waals surface area contributed by atoms with E-state index in [1.807, 2.05) is 19.9 Å². The summed E-state index contributed by atoms with van der Waals surface area (Å²) in [6.45, 7) is 5.49. The van der Waals surface area contributed by atoms with Crippen molar-refractivity contribution in [3.63, 3.8) is 0 Å². The number of carbonyl (C=O) groups is 1. The molecule has 3 rings (SSSR count). The van der Waals surface area contributed by atoms with E-state index in [0.717, 1.165) is 23.6 Å². The van der Waals surface area contributed by atoms with Crippen LogP contribution >= 0.6 is 0 Å². The molecule has 1 aliphatic heterocycles. The van der Waals surface area contributed by atoms with Crippen LogP contribution in [-0.4, -0.2) is 51.4 Å².